The molecule has 0 aliphatic rings. The first-order valence-corrected chi connectivity index (χ1v) is 8.70. The summed E-state index contributed by atoms with van der Waals surface area (Å²) in [4.78, 5) is 24.2. The first kappa shape index (κ1) is 17.6. The van der Waals surface area contributed by atoms with Crippen LogP contribution in [0, 0.1) is 24.0 Å². The average molecular weight is 374 g/mol. The molecule has 0 atom stereocenters. The van der Waals surface area contributed by atoms with Crippen molar-refractivity contribution >= 4 is 28.4 Å². The lowest BCUT2D eigenvalue weighted by Gasteiger charge is -2.10. The number of aryl methyl sites for hydroxylation is 3. The van der Waals surface area contributed by atoms with Crippen molar-refractivity contribution in [1.82, 2.24) is 19.5 Å². The van der Waals surface area contributed by atoms with E-state index >= 15 is 0 Å². The number of fused-ring (bicyclic) bond motifs is 1. The molecule has 1 N–H and O–H groups in total. The van der Waals surface area contributed by atoms with Crippen LogP contribution in [0.4, 0.5) is 17.3 Å². The highest BCUT2D eigenvalue weighted by molar-refractivity contribution is 5.91. The van der Waals surface area contributed by atoms with Crippen LogP contribution in [0.25, 0.3) is 22.3 Å². The summed E-state index contributed by atoms with van der Waals surface area (Å²) in [7, 11) is 1.96. The molecule has 0 amide bonds. The smallest absolute Gasteiger partial charge is 0.274 e. The van der Waals surface area contributed by atoms with Gasteiger partial charge in [-0.15, -0.1) is 0 Å². The Kier molecular flexibility index (Phi) is 4.23. The summed E-state index contributed by atoms with van der Waals surface area (Å²) >= 11 is 0. The van der Waals surface area contributed by atoms with Crippen LogP contribution < -0.4 is 5.32 Å². The normalized spacial score (nSPS) is 11.0. The third-order valence-corrected chi connectivity index (χ3v) is 4.66. The van der Waals surface area contributed by atoms with Gasteiger partial charge < -0.3 is 9.88 Å². The van der Waals surface area contributed by atoms with Crippen molar-refractivity contribution in [1.29, 1.82) is 0 Å². The Bertz CT molecular complexity index is 1210. The SMILES string of the molecule is Cc1cc(C)c([N+](=O)[O-])cc1Nc1nccc(-c2cn(C)c3cccnc23)n1. The zero-order chi connectivity index (χ0) is 19.8. The van der Waals surface area contributed by atoms with E-state index in [-0.39, 0.29) is 10.6 Å². The van der Waals surface area contributed by atoms with Crippen LogP contribution in [0.5, 0.6) is 0 Å². The summed E-state index contributed by atoms with van der Waals surface area (Å²) in [6.45, 7) is 3.61. The molecule has 4 aromatic rings. The number of pyridine rings is 1. The van der Waals surface area contributed by atoms with Crippen LogP contribution in [0.2, 0.25) is 0 Å². The monoisotopic (exact) mass is 374 g/mol. The molecule has 0 aliphatic heterocycles. The van der Waals surface area contributed by atoms with Gasteiger partial charge in [-0.05, 0) is 43.7 Å². The van der Waals surface area contributed by atoms with E-state index in [0.29, 0.717) is 17.2 Å². The number of anilines is 2. The van der Waals surface area contributed by atoms with Crippen molar-refractivity contribution in [2.45, 2.75) is 13.8 Å². The molecule has 4 rings (SSSR count). The van der Waals surface area contributed by atoms with Gasteiger partial charge in [-0.3, -0.25) is 15.1 Å². The number of hydrogen-bond donors (Lipinski definition) is 1. The van der Waals surface area contributed by atoms with Crippen LogP contribution in [-0.4, -0.2) is 24.4 Å². The Hall–Kier alpha value is -3.81. The Morgan fingerprint density at radius 3 is 2.71 bits per heavy atom. The number of hydrogen-bond acceptors (Lipinski definition) is 6. The minimum Gasteiger partial charge on any atom is -0.349 e. The summed E-state index contributed by atoms with van der Waals surface area (Å²) in [5.41, 5.74) is 5.64. The largest absolute Gasteiger partial charge is 0.349 e. The zero-order valence-electron chi connectivity index (χ0n) is 15.7. The molecular formula is C20H18N6O2. The number of nitro groups is 1. The Morgan fingerprint density at radius 2 is 1.93 bits per heavy atom. The first-order valence-electron chi connectivity index (χ1n) is 8.70. The van der Waals surface area contributed by atoms with E-state index in [9.17, 15) is 10.1 Å². The summed E-state index contributed by atoms with van der Waals surface area (Å²) in [6, 6.07) is 9.01. The van der Waals surface area contributed by atoms with Gasteiger partial charge >= 0.3 is 0 Å². The molecule has 3 aromatic heterocycles. The predicted molar refractivity (Wildman–Crippen MR) is 108 cm³/mol. The standard InChI is InChI=1S/C20H18N6O2/c1-12-9-13(2)18(26(27)28)10-16(12)24-20-22-8-6-15(23-20)14-11-25(3)17-5-4-7-21-19(14)17/h4-11H,1-3H3,(H,22,23,24). The molecule has 0 bridgehead atoms. The maximum Gasteiger partial charge on any atom is 0.274 e. The van der Waals surface area contributed by atoms with Crippen LogP contribution in [0.15, 0.2) is 48.9 Å². The highest BCUT2D eigenvalue weighted by atomic mass is 16.6. The molecule has 1 aromatic carbocycles. The minimum atomic E-state index is -0.390. The summed E-state index contributed by atoms with van der Waals surface area (Å²) < 4.78 is 2.00. The number of nitrogens with one attached hydrogen (secondary N) is 1. The third kappa shape index (κ3) is 3.05. The van der Waals surface area contributed by atoms with Gasteiger partial charge in [0.15, 0.2) is 0 Å². The highest BCUT2D eigenvalue weighted by Crippen LogP contribution is 2.30. The van der Waals surface area contributed by atoms with Gasteiger partial charge in [-0.1, -0.05) is 0 Å². The Morgan fingerprint density at radius 1 is 1.11 bits per heavy atom. The minimum absolute atomic E-state index is 0.0579. The number of aromatic nitrogens is 4. The van der Waals surface area contributed by atoms with Crippen LogP contribution in [0.1, 0.15) is 11.1 Å². The van der Waals surface area contributed by atoms with E-state index in [4.69, 9.17) is 0 Å². The Balaban J connectivity index is 1.74. The van der Waals surface area contributed by atoms with Gasteiger partial charge in [0.2, 0.25) is 5.95 Å². The lowest BCUT2D eigenvalue weighted by molar-refractivity contribution is -0.385. The number of benzene rings is 1. The van der Waals surface area contributed by atoms with Crippen molar-refractivity contribution in [2.24, 2.45) is 7.05 Å². The van der Waals surface area contributed by atoms with Gasteiger partial charge in [0, 0.05) is 42.8 Å². The maximum absolute atomic E-state index is 11.2. The molecule has 8 heteroatoms. The second-order valence-electron chi connectivity index (χ2n) is 6.63. The van der Waals surface area contributed by atoms with Crippen molar-refractivity contribution in [2.75, 3.05) is 5.32 Å². The van der Waals surface area contributed by atoms with E-state index in [1.165, 1.54) is 6.07 Å². The Labute approximate surface area is 161 Å². The second-order valence-corrected chi connectivity index (χ2v) is 6.63. The van der Waals surface area contributed by atoms with Crippen molar-refractivity contribution in [3.8, 4) is 11.3 Å². The number of nitro benzene ring substituents is 1. The van der Waals surface area contributed by atoms with Gasteiger partial charge in [0.05, 0.1) is 27.3 Å². The second kappa shape index (κ2) is 6.73. The van der Waals surface area contributed by atoms with Crippen LogP contribution >= 0.6 is 0 Å². The summed E-state index contributed by atoms with van der Waals surface area (Å²) in [5.74, 6) is 0.367. The van der Waals surface area contributed by atoms with Gasteiger partial charge in [-0.25, -0.2) is 9.97 Å². The molecule has 140 valence electrons. The van der Waals surface area contributed by atoms with E-state index in [2.05, 4.69) is 20.3 Å². The molecule has 0 saturated carbocycles. The van der Waals surface area contributed by atoms with E-state index in [1.54, 1.807) is 25.4 Å². The molecule has 0 fully saturated rings. The quantitative estimate of drug-likeness (QED) is 0.422. The zero-order valence-corrected chi connectivity index (χ0v) is 15.7. The van der Waals surface area contributed by atoms with E-state index in [1.807, 2.05) is 42.9 Å². The highest BCUT2D eigenvalue weighted by Gasteiger charge is 2.15. The molecule has 8 nitrogen and oxygen atoms in total. The van der Waals surface area contributed by atoms with Gasteiger partial charge in [0.25, 0.3) is 5.69 Å². The number of rotatable bonds is 4. The lowest BCUT2D eigenvalue weighted by atomic mass is 10.1. The maximum atomic E-state index is 11.2. The molecule has 0 spiro atoms. The molecule has 0 aliphatic carbocycles. The van der Waals surface area contributed by atoms with Crippen molar-refractivity contribution < 1.29 is 4.92 Å². The molecule has 28 heavy (non-hydrogen) atoms. The molecule has 3 heterocycles. The molecular weight excluding hydrogens is 356 g/mol. The van der Waals surface area contributed by atoms with Crippen molar-refractivity contribution in [3.05, 3.63) is 70.2 Å². The number of nitrogens with zero attached hydrogens (tertiary/aromatic N) is 5. The van der Waals surface area contributed by atoms with E-state index < -0.39 is 0 Å². The average Bonchev–Trinajstić information content (AvgIpc) is 3.01. The molecule has 0 radical (unpaired) electrons. The molecule has 0 saturated heterocycles. The third-order valence-electron chi connectivity index (χ3n) is 4.66. The van der Waals surface area contributed by atoms with E-state index in [0.717, 1.165) is 27.9 Å². The fourth-order valence-corrected chi connectivity index (χ4v) is 3.26. The van der Waals surface area contributed by atoms with Gasteiger partial charge in [-0.2, -0.15) is 0 Å². The van der Waals surface area contributed by atoms with Gasteiger partial charge in [0.1, 0.15) is 0 Å². The van der Waals surface area contributed by atoms with Crippen LogP contribution in [-0.2, 0) is 7.05 Å². The lowest BCUT2D eigenvalue weighted by Crippen LogP contribution is -2.01. The fourth-order valence-electron chi connectivity index (χ4n) is 3.26. The summed E-state index contributed by atoms with van der Waals surface area (Å²) in [6.07, 6.45) is 5.39. The van der Waals surface area contributed by atoms with Crippen LogP contribution in [0.3, 0.4) is 0 Å². The topological polar surface area (TPSA) is 98.8 Å². The molecule has 0 unspecified atom stereocenters. The van der Waals surface area contributed by atoms with Crippen molar-refractivity contribution in [3.63, 3.8) is 0 Å². The predicted octanol–water partition coefficient (Wildman–Crippen LogP) is 4.30. The fraction of sp³-hybridized carbons (Fsp3) is 0.150. The first-order chi connectivity index (χ1) is 13.4. The summed E-state index contributed by atoms with van der Waals surface area (Å²) in [5, 5.41) is 14.3.